The number of alkyl halides is 4. The molecule has 0 rings (SSSR count). The van der Waals surface area contributed by atoms with Crippen molar-refractivity contribution in [2.45, 2.75) is 59.8 Å². The summed E-state index contributed by atoms with van der Waals surface area (Å²) in [6, 6.07) is 0. The van der Waals surface area contributed by atoms with Gasteiger partial charge in [-0.05, 0) is 11.8 Å². The fraction of sp³-hybridized carbons (Fsp3) is 1.00. The SMILES string of the molecule is CCC(C)(C)C(C)(CC)C(F)(F)C(F)F. The first-order valence-corrected chi connectivity index (χ1v) is 5.22. The normalized spacial score (nSPS) is 18.0. The molecule has 0 heterocycles. The largest absolute Gasteiger partial charge is 0.313 e. The molecular weight excluding hydrogens is 208 g/mol. The van der Waals surface area contributed by atoms with Crippen LogP contribution >= 0.6 is 0 Å². The molecule has 0 aromatic rings. The van der Waals surface area contributed by atoms with E-state index in [9.17, 15) is 17.6 Å². The van der Waals surface area contributed by atoms with Gasteiger partial charge in [-0.25, -0.2) is 8.78 Å². The van der Waals surface area contributed by atoms with Crippen LogP contribution in [0.25, 0.3) is 0 Å². The average molecular weight is 228 g/mol. The standard InChI is InChI=1S/C11H20F4/c1-6-9(3,4)10(5,7-2)11(14,15)8(12)13/h8H,6-7H2,1-5H3. The number of rotatable bonds is 5. The summed E-state index contributed by atoms with van der Waals surface area (Å²) < 4.78 is 51.9. The summed E-state index contributed by atoms with van der Waals surface area (Å²) in [6.07, 6.45) is -3.13. The van der Waals surface area contributed by atoms with Gasteiger partial charge in [0, 0.05) is 5.41 Å². The summed E-state index contributed by atoms with van der Waals surface area (Å²) in [5.74, 6) is -3.94. The minimum Gasteiger partial charge on any atom is -0.204 e. The van der Waals surface area contributed by atoms with E-state index in [-0.39, 0.29) is 6.42 Å². The van der Waals surface area contributed by atoms with E-state index in [1.807, 2.05) is 0 Å². The minimum absolute atomic E-state index is 0.0329. The number of halogens is 4. The van der Waals surface area contributed by atoms with Gasteiger partial charge in [-0.15, -0.1) is 0 Å². The maximum Gasteiger partial charge on any atom is 0.313 e. The van der Waals surface area contributed by atoms with Crippen molar-refractivity contribution in [3.05, 3.63) is 0 Å². The lowest BCUT2D eigenvalue weighted by molar-refractivity contribution is -0.238. The summed E-state index contributed by atoms with van der Waals surface area (Å²) in [7, 11) is 0. The molecule has 4 heteroatoms. The zero-order chi connectivity index (χ0) is 12.5. The molecule has 1 atom stereocenters. The second-order valence-corrected chi connectivity index (χ2v) is 4.85. The van der Waals surface area contributed by atoms with Crippen molar-refractivity contribution >= 4 is 0 Å². The summed E-state index contributed by atoms with van der Waals surface area (Å²) in [5.41, 5.74) is -2.50. The molecule has 0 aromatic heterocycles. The third-order valence-corrected chi connectivity index (χ3v) is 4.09. The zero-order valence-corrected chi connectivity index (χ0v) is 10.0. The third-order valence-electron chi connectivity index (χ3n) is 4.09. The Hall–Kier alpha value is -0.280. The molecule has 0 aliphatic rings. The van der Waals surface area contributed by atoms with E-state index in [4.69, 9.17) is 0 Å². The first-order valence-electron chi connectivity index (χ1n) is 5.22. The summed E-state index contributed by atoms with van der Waals surface area (Å²) in [6.45, 7) is 7.77. The van der Waals surface area contributed by atoms with Crippen molar-refractivity contribution in [1.29, 1.82) is 0 Å². The highest BCUT2D eigenvalue weighted by Gasteiger charge is 2.61. The van der Waals surface area contributed by atoms with Crippen molar-refractivity contribution in [1.82, 2.24) is 0 Å². The molecule has 0 nitrogen and oxygen atoms in total. The molecule has 0 N–H and O–H groups in total. The Bertz CT molecular complexity index is 211. The topological polar surface area (TPSA) is 0 Å². The second-order valence-electron chi connectivity index (χ2n) is 4.85. The van der Waals surface area contributed by atoms with Gasteiger partial charge in [0.25, 0.3) is 0 Å². The molecule has 0 spiro atoms. The Morgan fingerprint density at radius 2 is 1.33 bits per heavy atom. The molecule has 0 bridgehead atoms. The van der Waals surface area contributed by atoms with Gasteiger partial charge in [0.2, 0.25) is 0 Å². The molecule has 15 heavy (non-hydrogen) atoms. The lowest BCUT2D eigenvalue weighted by Gasteiger charge is -2.47. The minimum atomic E-state index is -3.94. The van der Waals surface area contributed by atoms with Crippen molar-refractivity contribution in [2.75, 3.05) is 0 Å². The van der Waals surface area contributed by atoms with Gasteiger partial charge in [-0.2, -0.15) is 8.78 Å². The van der Waals surface area contributed by atoms with Gasteiger partial charge in [0.1, 0.15) is 0 Å². The van der Waals surface area contributed by atoms with Crippen molar-refractivity contribution in [2.24, 2.45) is 10.8 Å². The van der Waals surface area contributed by atoms with Crippen molar-refractivity contribution in [3.8, 4) is 0 Å². The Kier molecular flexibility index (Phi) is 4.22. The molecule has 0 radical (unpaired) electrons. The molecule has 0 saturated heterocycles. The van der Waals surface area contributed by atoms with Crippen LogP contribution in [0.5, 0.6) is 0 Å². The lowest BCUT2D eigenvalue weighted by atomic mass is 9.60. The molecule has 0 fully saturated rings. The Morgan fingerprint density at radius 1 is 0.933 bits per heavy atom. The monoisotopic (exact) mass is 228 g/mol. The third kappa shape index (κ3) is 2.13. The highest BCUT2D eigenvalue weighted by Crippen LogP contribution is 2.55. The maximum absolute atomic E-state index is 13.5. The second kappa shape index (κ2) is 4.30. The van der Waals surface area contributed by atoms with Crippen LogP contribution in [0.4, 0.5) is 17.6 Å². The van der Waals surface area contributed by atoms with E-state index in [1.54, 1.807) is 20.8 Å². The van der Waals surface area contributed by atoms with Gasteiger partial charge in [-0.1, -0.05) is 41.0 Å². The Morgan fingerprint density at radius 3 is 1.53 bits per heavy atom. The van der Waals surface area contributed by atoms with Gasteiger partial charge in [-0.3, -0.25) is 0 Å². The molecule has 0 aromatic carbocycles. The fourth-order valence-corrected chi connectivity index (χ4v) is 1.80. The number of hydrogen-bond acceptors (Lipinski definition) is 0. The summed E-state index contributed by atoms with van der Waals surface area (Å²) in [4.78, 5) is 0. The summed E-state index contributed by atoms with van der Waals surface area (Å²) in [5, 5.41) is 0. The van der Waals surface area contributed by atoms with Crippen LogP contribution in [0.3, 0.4) is 0 Å². The van der Waals surface area contributed by atoms with E-state index in [1.165, 1.54) is 13.8 Å². The van der Waals surface area contributed by atoms with Crippen LogP contribution in [0.1, 0.15) is 47.5 Å². The first-order chi connectivity index (χ1) is 6.56. The Labute approximate surface area is 89.1 Å². The number of hydrogen-bond donors (Lipinski definition) is 0. The molecule has 1 unspecified atom stereocenters. The predicted molar refractivity (Wildman–Crippen MR) is 53.4 cm³/mol. The predicted octanol–water partition coefficient (Wildman–Crippen LogP) is 4.74. The van der Waals surface area contributed by atoms with E-state index in [2.05, 4.69) is 0 Å². The maximum atomic E-state index is 13.5. The molecule has 0 amide bonds. The zero-order valence-electron chi connectivity index (χ0n) is 10.0. The molecule has 0 aliphatic carbocycles. The van der Waals surface area contributed by atoms with E-state index >= 15 is 0 Å². The fourth-order valence-electron chi connectivity index (χ4n) is 1.80. The summed E-state index contributed by atoms with van der Waals surface area (Å²) >= 11 is 0. The molecule has 0 aliphatic heterocycles. The molecule has 0 saturated carbocycles. The van der Waals surface area contributed by atoms with Crippen molar-refractivity contribution in [3.63, 3.8) is 0 Å². The van der Waals surface area contributed by atoms with Gasteiger partial charge < -0.3 is 0 Å². The highest BCUT2D eigenvalue weighted by atomic mass is 19.3. The smallest absolute Gasteiger partial charge is 0.204 e. The van der Waals surface area contributed by atoms with E-state index in [0.29, 0.717) is 6.42 Å². The quantitative estimate of drug-likeness (QED) is 0.596. The van der Waals surface area contributed by atoms with Crippen LogP contribution in [0.2, 0.25) is 0 Å². The van der Waals surface area contributed by atoms with Gasteiger partial charge >= 0.3 is 12.3 Å². The van der Waals surface area contributed by atoms with Crippen LogP contribution in [-0.4, -0.2) is 12.3 Å². The lowest BCUT2D eigenvalue weighted by Crippen LogP contribution is -2.52. The Balaban J connectivity index is 5.36. The molecular formula is C11H20F4. The average Bonchev–Trinajstić information content (AvgIpc) is 2.15. The van der Waals surface area contributed by atoms with Crippen LogP contribution < -0.4 is 0 Å². The van der Waals surface area contributed by atoms with Crippen LogP contribution in [0.15, 0.2) is 0 Å². The van der Waals surface area contributed by atoms with E-state index in [0.717, 1.165) is 0 Å². The molecule has 92 valence electrons. The van der Waals surface area contributed by atoms with Crippen LogP contribution in [0, 0.1) is 10.8 Å². The highest BCUT2D eigenvalue weighted by molar-refractivity contribution is 4.99. The first kappa shape index (κ1) is 14.7. The van der Waals surface area contributed by atoms with Gasteiger partial charge in [0.15, 0.2) is 0 Å². The van der Waals surface area contributed by atoms with E-state index < -0.39 is 23.2 Å². The van der Waals surface area contributed by atoms with Crippen molar-refractivity contribution < 1.29 is 17.6 Å². The van der Waals surface area contributed by atoms with Gasteiger partial charge in [0.05, 0.1) is 0 Å². The van der Waals surface area contributed by atoms with Crippen LogP contribution in [-0.2, 0) is 0 Å².